The number of nitrogens with zero attached hydrogens (tertiary/aromatic N) is 2. The average Bonchev–Trinajstić information content (AvgIpc) is 2.93. The summed E-state index contributed by atoms with van der Waals surface area (Å²) in [5.41, 5.74) is 4.76. The van der Waals surface area contributed by atoms with Crippen molar-refractivity contribution in [3.8, 4) is 5.69 Å². The maximum absolute atomic E-state index is 12.7. The van der Waals surface area contributed by atoms with Crippen LogP contribution in [0.15, 0.2) is 54.6 Å². The Labute approximate surface area is 145 Å². The smallest absolute Gasteiger partial charge is 0.167 e. The van der Waals surface area contributed by atoms with Crippen LogP contribution in [-0.2, 0) is 6.42 Å². The van der Waals surface area contributed by atoms with Crippen molar-refractivity contribution in [2.45, 2.75) is 25.7 Å². The molecule has 0 amide bonds. The van der Waals surface area contributed by atoms with Crippen LogP contribution in [0.1, 0.15) is 39.6 Å². The van der Waals surface area contributed by atoms with Crippen LogP contribution in [0.5, 0.6) is 0 Å². The van der Waals surface area contributed by atoms with Crippen LogP contribution in [0.3, 0.4) is 0 Å². The number of aryl methyl sites for hydroxylation is 1. The normalized spacial score (nSPS) is 16.9. The molecule has 0 radical (unpaired) electrons. The Morgan fingerprint density at radius 2 is 1.75 bits per heavy atom. The van der Waals surface area contributed by atoms with Crippen LogP contribution >= 0.6 is 11.6 Å². The molecule has 0 N–H and O–H groups in total. The van der Waals surface area contributed by atoms with Gasteiger partial charge in [0.05, 0.1) is 22.6 Å². The first-order chi connectivity index (χ1) is 11.6. The van der Waals surface area contributed by atoms with Crippen molar-refractivity contribution in [3.63, 3.8) is 0 Å². The number of carbonyl (C=O) groups excluding carboxylic acids is 1. The number of para-hydroxylation sites is 1. The number of Topliss-reactive ketones (excluding diaryl/α,β-unsaturated/α-hetero) is 1. The second-order valence-corrected chi connectivity index (χ2v) is 6.67. The van der Waals surface area contributed by atoms with Gasteiger partial charge in [-0.3, -0.25) is 4.79 Å². The molecule has 0 saturated heterocycles. The molecular weight excluding hydrogens is 320 g/mol. The third-order valence-corrected chi connectivity index (χ3v) is 4.90. The number of rotatable bonds is 2. The molecule has 120 valence electrons. The van der Waals surface area contributed by atoms with Gasteiger partial charge in [-0.1, -0.05) is 41.9 Å². The summed E-state index contributed by atoms with van der Waals surface area (Å²) in [6.45, 7) is 1.92. The lowest BCUT2D eigenvalue weighted by molar-refractivity contribution is 0.0963. The van der Waals surface area contributed by atoms with Crippen LogP contribution in [0.4, 0.5) is 0 Å². The van der Waals surface area contributed by atoms with Crippen LogP contribution in [0.2, 0.25) is 5.02 Å². The highest BCUT2D eigenvalue weighted by atomic mass is 35.5. The van der Waals surface area contributed by atoms with Gasteiger partial charge in [-0.2, -0.15) is 5.10 Å². The van der Waals surface area contributed by atoms with E-state index in [9.17, 15) is 4.79 Å². The van der Waals surface area contributed by atoms with Gasteiger partial charge in [0.1, 0.15) is 0 Å². The zero-order valence-electron chi connectivity index (χ0n) is 13.4. The maximum atomic E-state index is 12.7. The average molecular weight is 337 g/mol. The summed E-state index contributed by atoms with van der Waals surface area (Å²) in [5, 5.41) is 5.34. The highest BCUT2D eigenvalue weighted by molar-refractivity contribution is 6.30. The number of ketones is 1. The summed E-state index contributed by atoms with van der Waals surface area (Å²) in [4.78, 5) is 12.7. The predicted molar refractivity (Wildman–Crippen MR) is 95.1 cm³/mol. The van der Waals surface area contributed by atoms with Gasteiger partial charge in [0.2, 0.25) is 0 Å². The Bertz CT molecular complexity index is 897. The molecule has 0 unspecified atom stereocenters. The monoisotopic (exact) mass is 336 g/mol. The molecule has 4 rings (SSSR count). The molecule has 1 heterocycles. The Hall–Kier alpha value is -2.39. The van der Waals surface area contributed by atoms with E-state index in [1.165, 1.54) is 0 Å². The lowest BCUT2D eigenvalue weighted by Crippen LogP contribution is -2.20. The van der Waals surface area contributed by atoms with E-state index >= 15 is 0 Å². The minimum Gasteiger partial charge on any atom is -0.294 e. The molecule has 2 aromatic carbocycles. The van der Waals surface area contributed by atoms with E-state index < -0.39 is 0 Å². The number of fused-ring (bicyclic) bond motifs is 1. The van der Waals surface area contributed by atoms with Crippen molar-refractivity contribution < 1.29 is 4.79 Å². The third-order valence-electron chi connectivity index (χ3n) is 4.65. The molecule has 1 atom stereocenters. The van der Waals surface area contributed by atoms with Crippen molar-refractivity contribution >= 4 is 17.4 Å². The standard InChI is InChI=1S/C20H17ClN2O/c1-13-20-18(23(22-13)17-5-3-2-4-6-17)11-15(12-19(20)24)14-7-9-16(21)10-8-14/h2-10,15H,11-12H2,1H3/t15-/m0/s1. The Morgan fingerprint density at radius 3 is 2.46 bits per heavy atom. The molecule has 3 nitrogen and oxygen atoms in total. The van der Waals surface area contributed by atoms with E-state index in [0.29, 0.717) is 11.4 Å². The molecule has 1 aromatic heterocycles. The molecule has 24 heavy (non-hydrogen) atoms. The van der Waals surface area contributed by atoms with Gasteiger partial charge in [0.25, 0.3) is 0 Å². The first-order valence-electron chi connectivity index (χ1n) is 8.06. The molecule has 0 fully saturated rings. The molecule has 0 aliphatic heterocycles. The zero-order valence-corrected chi connectivity index (χ0v) is 14.1. The van der Waals surface area contributed by atoms with Crippen LogP contribution in [0.25, 0.3) is 5.69 Å². The number of hydrogen-bond acceptors (Lipinski definition) is 2. The maximum Gasteiger partial charge on any atom is 0.167 e. The Kier molecular flexibility index (Phi) is 3.73. The first-order valence-corrected chi connectivity index (χ1v) is 8.44. The van der Waals surface area contributed by atoms with Crippen LogP contribution in [0, 0.1) is 6.92 Å². The number of carbonyl (C=O) groups is 1. The predicted octanol–water partition coefficient (Wildman–Crippen LogP) is 4.75. The van der Waals surface area contributed by atoms with Crippen molar-refractivity contribution in [2.75, 3.05) is 0 Å². The molecule has 0 spiro atoms. The van der Waals surface area contributed by atoms with E-state index in [2.05, 4.69) is 5.10 Å². The molecule has 3 aromatic rings. The number of hydrogen-bond donors (Lipinski definition) is 0. The summed E-state index contributed by atoms with van der Waals surface area (Å²) in [6.07, 6.45) is 1.33. The van der Waals surface area contributed by atoms with Gasteiger partial charge >= 0.3 is 0 Å². The van der Waals surface area contributed by atoms with Gasteiger partial charge in [-0.25, -0.2) is 4.68 Å². The quantitative estimate of drug-likeness (QED) is 0.677. The molecule has 4 heteroatoms. The van der Waals surface area contributed by atoms with E-state index in [-0.39, 0.29) is 11.7 Å². The summed E-state index contributed by atoms with van der Waals surface area (Å²) in [5.74, 6) is 0.344. The highest BCUT2D eigenvalue weighted by Crippen LogP contribution is 2.35. The lowest BCUT2D eigenvalue weighted by Gasteiger charge is -2.23. The summed E-state index contributed by atoms with van der Waals surface area (Å²) >= 11 is 5.99. The highest BCUT2D eigenvalue weighted by Gasteiger charge is 2.32. The summed E-state index contributed by atoms with van der Waals surface area (Å²) in [7, 11) is 0. The lowest BCUT2D eigenvalue weighted by atomic mass is 9.81. The summed E-state index contributed by atoms with van der Waals surface area (Å²) < 4.78 is 1.92. The van der Waals surface area contributed by atoms with Crippen molar-refractivity contribution in [2.24, 2.45) is 0 Å². The van der Waals surface area contributed by atoms with E-state index in [1.54, 1.807) is 0 Å². The molecule has 1 aliphatic rings. The topological polar surface area (TPSA) is 34.9 Å². The SMILES string of the molecule is Cc1nn(-c2ccccc2)c2c1C(=O)C[C@@H](c1ccc(Cl)cc1)C2. The first kappa shape index (κ1) is 15.2. The van der Waals surface area contributed by atoms with Crippen molar-refractivity contribution in [3.05, 3.63) is 82.1 Å². The molecule has 0 saturated carbocycles. The van der Waals surface area contributed by atoms with Gasteiger partial charge < -0.3 is 0 Å². The van der Waals surface area contributed by atoms with Gasteiger partial charge in [0, 0.05) is 11.4 Å². The second kappa shape index (κ2) is 5.91. The van der Waals surface area contributed by atoms with Crippen molar-refractivity contribution in [1.29, 1.82) is 0 Å². The van der Waals surface area contributed by atoms with E-state index in [1.807, 2.05) is 66.2 Å². The van der Waals surface area contributed by atoms with Crippen LogP contribution in [-0.4, -0.2) is 15.6 Å². The van der Waals surface area contributed by atoms with E-state index in [0.717, 1.165) is 34.6 Å². The summed E-state index contributed by atoms with van der Waals surface area (Å²) in [6, 6.07) is 17.8. The second-order valence-electron chi connectivity index (χ2n) is 6.23. The molecular formula is C20H17ClN2O. The molecule has 1 aliphatic carbocycles. The van der Waals surface area contributed by atoms with Gasteiger partial charge in [-0.05, 0) is 49.1 Å². The third kappa shape index (κ3) is 2.55. The minimum atomic E-state index is 0.167. The number of benzene rings is 2. The fourth-order valence-corrected chi connectivity index (χ4v) is 3.64. The largest absolute Gasteiger partial charge is 0.294 e. The zero-order chi connectivity index (χ0) is 16.7. The van der Waals surface area contributed by atoms with Crippen LogP contribution < -0.4 is 0 Å². The Morgan fingerprint density at radius 1 is 1.04 bits per heavy atom. The fourth-order valence-electron chi connectivity index (χ4n) is 3.51. The van der Waals surface area contributed by atoms with E-state index in [4.69, 9.17) is 11.6 Å². The molecule has 0 bridgehead atoms. The fraction of sp³-hybridized carbons (Fsp3) is 0.200. The number of halogens is 1. The van der Waals surface area contributed by atoms with Crippen molar-refractivity contribution in [1.82, 2.24) is 9.78 Å². The van der Waals surface area contributed by atoms with Gasteiger partial charge in [0.15, 0.2) is 5.78 Å². The van der Waals surface area contributed by atoms with Gasteiger partial charge in [-0.15, -0.1) is 0 Å². The Balaban J connectivity index is 1.79. The number of aromatic nitrogens is 2. The minimum absolute atomic E-state index is 0.167.